The van der Waals surface area contributed by atoms with Crippen molar-refractivity contribution < 1.29 is 8.91 Å². The Morgan fingerprint density at radius 1 is 1.19 bits per heavy atom. The zero-order chi connectivity index (χ0) is 17.9. The molecular weight excluding hydrogens is 353 g/mol. The summed E-state index contributed by atoms with van der Waals surface area (Å²) >= 11 is 1.46. The molecule has 3 aromatic heterocycles. The summed E-state index contributed by atoms with van der Waals surface area (Å²) in [5.41, 5.74) is 1.50. The third-order valence-electron chi connectivity index (χ3n) is 3.68. The molecule has 0 aliphatic carbocycles. The molecule has 0 spiro atoms. The number of imidazole rings is 1. The van der Waals surface area contributed by atoms with Crippen LogP contribution in [0.2, 0.25) is 0 Å². The van der Waals surface area contributed by atoms with Crippen molar-refractivity contribution in [2.75, 3.05) is 0 Å². The smallest absolute Gasteiger partial charge is 0.240 e. The highest BCUT2D eigenvalue weighted by molar-refractivity contribution is 7.99. The van der Waals surface area contributed by atoms with Crippen LogP contribution in [0.5, 0.6) is 0 Å². The predicted octanol–water partition coefficient (Wildman–Crippen LogP) is 4.31. The lowest BCUT2D eigenvalue weighted by molar-refractivity contribution is 0.380. The molecule has 0 fully saturated rings. The third-order valence-corrected chi connectivity index (χ3v) is 4.75. The Labute approximate surface area is 153 Å². The molecule has 0 aliphatic heterocycles. The minimum atomic E-state index is -0.293. The summed E-state index contributed by atoms with van der Waals surface area (Å²) in [6.07, 6.45) is 6.84. The first-order valence-corrected chi connectivity index (χ1v) is 8.78. The van der Waals surface area contributed by atoms with Crippen LogP contribution < -0.4 is 0 Å². The molecule has 0 bridgehead atoms. The Hall–Kier alpha value is -3.00. The van der Waals surface area contributed by atoms with Crippen LogP contribution in [0.3, 0.4) is 0 Å². The molecule has 26 heavy (non-hydrogen) atoms. The topological polar surface area (TPSA) is 69.6 Å². The van der Waals surface area contributed by atoms with E-state index in [1.807, 2.05) is 29.7 Å². The van der Waals surface area contributed by atoms with Crippen LogP contribution in [0.1, 0.15) is 18.1 Å². The minimum Gasteiger partial charge on any atom is -0.338 e. The van der Waals surface area contributed by atoms with Crippen LogP contribution in [0, 0.1) is 5.82 Å². The van der Waals surface area contributed by atoms with Crippen LogP contribution in [0.4, 0.5) is 4.39 Å². The van der Waals surface area contributed by atoms with Gasteiger partial charge in [0.05, 0.1) is 10.9 Å². The van der Waals surface area contributed by atoms with E-state index >= 15 is 0 Å². The van der Waals surface area contributed by atoms with E-state index < -0.39 is 0 Å². The summed E-state index contributed by atoms with van der Waals surface area (Å²) in [5, 5.41) is 4.60. The number of hydrogen-bond donors (Lipinski definition) is 0. The summed E-state index contributed by atoms with van der Waals surface area (Å²) < 4.78 is 20.7. The Morgan fingerprint density at radius 2 is 2.12 bits per heavy atom. The summed E-state index contributed by atoms with van der Waals surface area (Å²) in [6.45, 7) is 1.95. The Kier molecular flexibility index (Phi) is 4.49. The Balaban J connectivity index is 1.56. The first-order chi connectivity index (χ1) is 12.7. The SMILES string of the molecule is C[C@H](Sc1nccn1-c1cccc(F)c1)c1nc(-c2cccnc2)no1. The molecule has 1 aromatic carbocycles. The molecular formula is C18H14FN5OS. The highest BCUT2D eigenvalue weighted by Crippen LogP contribution is 2.34. The van der Waals surface area contributed by atoms with Crippen LogP contribution >= 0.6 is 11.8 Å². The van der Waals surface area contributed by atoms with Gasteiger partial charge in [0.15, 0.2) is 5.16 Å². The van der Waals surface area contributed by atoms with Crippen LogP contribution in [0.25, 0.3) is 17.1 Å². The molecule has 0 aliphatic rings. The molecule has 0 unspecified atom stereocenters. The van der Waals surface area contributed by atoms with Gasteiger partial charge >= 0.3 is 0 Å². The fourth-order valence-corrected chi connectivity index (χ4v) is 3.33. The van der Waals surface area contributed by atoms with Gasteiger partial charge < -0.3 is 4.52 Å². The minimum absolute atomic E-state index is 0.123. The molecule has 3 heterocycles. The Bertz CT molecular complexity index is 1020. The average molecular weight is 367 g/mol. The van der Waals surface area contributed by atoms with Crippen molar-refractivity contribution in [3.63, 3.8) is 0 Å². The van der Waals surface area contributed by atoms with Crippen LogP contribution in [0.15, 0.2) is 70.9 Å². The average Bonchev–Trinajstić information content (AvgIpc) is 3.32. The van der Waals surface area contributed by atoms with E-state index in [1.165, 1.54) is 23.9 Å². The van der Waals surface area contributed by atoms with Crippen LogP contribution in [-0.4, -0.2) is 24.7 Å². The van der Waals surface area contributed by atoms with E-state index in [2.05, 4.69) is 20.1 Å². The molecule has 1 atom stereocenters. The Morgan fingerprint density at radius 3 is 2.92 bits per heavy atom. The van der Waals surface area contributed by atoms with Crippen molar-refractivity contribution in [1.82, 2.24) is 24.7 Å². The van der Waals surface area contributed by atoms with Crippen molar-refractivity contribution in [1.29, 1.82) is 0 Å². The molecule has 0 amide bonds. The molecule has 0 radical (unpaired) electrons. The standard InChI is InChI=1S/C18H14FN5OS/c1-12(17-22-16(23-25-17)13-4-3-7-20-11-13)26-18-21-8-9-24(18)15-6-2-5-14(19)10-15/h2-12H,1H3/t12-/m0/s1. The molecule has 0 N–H and O–H groups in total. The lowest BCUT2D eigenvalue weighted by atomic mass is 10.3. The number of pyridine rings is 1. The fourth-order valence-electron chi connectivity index (χ4n) is 2.42. The maximum Gasteiger partial charge on any atom is 0.240 e. The highest BCUT2D eigenvalue weighted by Gasteiger charge is 2.19. The van der Waals surface area contributed by atoms with E-state index in [-0.39, 0.29) is 11.1 Å². The lowest BCUT2D eigenvalue weighted by Crippen LogP contribution is -1.98. The molecule has 6 nitrogen and oxygen atoms in total. The van der Waals surface area contributed by atoms with Gasteiger partial charge in [-0.1, -0.05) is 23.0 Å². The number of aromatic nitrogens is 5. The number of rotatable bonds is 5. The maximum atomic E-state index is 13.5. The number of halogens is 1. The van der Waals surface area contributed by atoms with Gasteiger partial charge in [-0.3, -0.25) is 9.55 Å². The van der Waals surface area contributed by atoms with Gasteiger partial charge in [-0.15, -0.1) is 0 Å². The maximum absolute atomic E-state index is 13.5. The van der Waals surface area contributed by atoms with Gasteiger partial charge in [0.25, 0.3) is 0 Å². The first kappa shape index (κ1) is 16.5. The molecule has 0 saturated heterocycles. The zero-order valence-corrected chi connectivity index (χ0v) is 14.6. The largest absolute Gasteiger partial charge is 0.338 e. The van der Waals surface area contributed by atoms with Gasteiger partial charge in [-0.25, -0.2) is 9.37 Å². The van der Waals surface area contributed by atoms with Crippen LogP contribution in [-0.2, 0) is 0 Å². The van der Waals surface area contributed by atoms with E-state index in [1.54, 1.807) is 30.9 Å². The highest BCUT2D eigenvalue weighted by atomic mass is 32.2. The second-order valence-corrected chi connectivity index (χ2v) is 6.83. The molecule has 130 valence electrons. The van der Waals surface area contributed by atoms with Gasteiger partial charge in [-0.2, -0.15) is 4.98 Å². The number of nitrogens with zero attached hydrogens (tertiary/aromatic N) is 5. The van der Waals surface area contributed by atoms with E-state index in [9.17, 15) is 4.39 Å². The fraction of sp³-hybridized carbons (Fsp3) is 0.111. The van der Waals surface area contributed by atoms with Gasteiger partial charge in [-0.05, 0) is 37.3 Å². The quantitative estimate of drug-likeness (QED) is 0.490. The summed E-state index contributed by atoms with van der Waals surface area (Å²) in [7, 11) is 0. The number of thioether (sulfide) groups is 1. The first-order valence-electron chi connectivity index (χ1n) is 7.90. The van der Waals surface area contributed by atoms with E-state index in [0.29, 0.717) is 22.6 Å². The monoisotopic (exact) mass is 367 g/mol. The van der Waals surface area contributed by atoms with Crippen molar-refractivity contribution >= 4 is 11.8 Å². The van der Waals surface area contributed by atoms with Crippen molar-refractivity contribution in [3.8, 4) is 17.1 Å². The van der Waals surface area contributed by atoms with Gasteiger partial charge in [0.1, 0.15) is 5.82 Å². The molecule has 0 saturated carbocycles. The summed E-state index contributed by atoms with van der Waals surface area (Å²) in [4.78, 5) is 12.9. The van der Waals surface area contributed by atoms with E-state index in [4.69, 9.17) is 4.52 Å². The van der Waals surface area contributed by atoms with Crippen molar-refractivity contribution in [2.24, 2.45) is 0 Å². The zero-order valence-electron chi connectivity index (χ0n) is 13.8. The summed E-state index contributed by atoms with van der Waals surface area (Å²) in [5.74, 6) is 0.690. The lowest BCUT2D eigenvalue weighted by Gasteiger charge is -2.09. The van der Waals surface area contributed by atoms with E-state index in [0.717, 1.165) is 5.56 Å². The number of hydrogen-bond acceptors (Lipinski definition) is 6. The van der Waals surface area contributed by atoms with Crippen molar-refractivity contribution in [3.05, 3.63) is 72.9 Å². The molecule has 4 rings (SSSR count). The molecule has 4 aromatic rings. The van der Waals surface area contributed by atoms with Gasteiger partial charge in [0.2, 0.25) is 11.7 Å². The second-order valence-electron chi connectivity index (χ2n) is 5.52. The number of benzene rings is 1. The van der Waals surface area contributed by atoms with Gasteiger partial charge in [0, 0.05) is 30.4 Å². The van der Waals surface area contributed by atoms with Crippen molar-refractivity contribution in [2.45, 2.75) is 17.3 Å². The second kappa shape index (κ2) is 7.09. The normalized spacial score (nSPS) is 12.2. The predicted molar refractivity (Wildman–Crippen MR) is 95.3 cm³/mol. The third kappa shape index (κ3) is 3.36. The summed E-state index contributed by atoms with van der Waals surface area (Å²) in [6, 6.07) is 10.1. The molecule has 8 heteroatoms.